The summed E-state index contributed by atoms with van der Waals surface area (Å²) in [5.41, 5.74) is 0.245. The molecule has 2 aromatic rings. The predicted molar refractivity (Wildman–Crippen MR) is 59.9 cm³/mol. The van der Waals surface area contributed by atoms with Crippen LogP contribution in [0.4, 0.5) is 5.69 Å². The monoisotopic (exact) mass is 234 g/mol. The van der Waals surface area contributed by atoms with Crippen molar-refractivity contribution in [2.45, 2.75) is 6.92 Å². The van der Waals surface area contributed by atoms with Crippen molar-refractivity contribution < 1.29 is 14.1 Å². The van der Waals surface area contributed by atoms with Crippen LogP contribution in [-0.2, 0) is 0 Å². The predicted octanol–water partition coefficient (Wildman–Crippen LogP) is 2.57. The van der Waals surface area contributed by atoms with Gasteiger partial charge in [-0.15, -0.1) is 0 Å². The number of methoxy groups -OCH3 is 1. The Bertz CT molecular complexity index is 562. The van der Waals surface area contributed by atoms with Crippen molar-refractivity contribution in [1.82, 2.24) is 4.98 Å². The first-order valence-electron chi connectivity index (χ1n) is 4.87. The van der Waals surface area contributed by atoms with Crippen LogP contribution in [0.15, 0.2) is 28.8 Å². The number of aromatic nitrogens is 1. The quantitative estimate of drug-likeness (QED) is 0.602. The van der Waals surface area contributed by atoms with Gasteiger partial charge in [0.05, 0.1) is 24.3 Å². The molecule has 0 unspecified atom stereocenters. The Labute approximate surface area is 97.0 Å². The van der Waals surface area contributed by atoms with Crippen molar-refractivity contribution >= 4 is 5.69 Å². The summed E-state index contributed by atoms with van der Waals surface area (Å²) in [6, 6.07) is 4.53. The number of hydrogen-bond donors (Lipinski definition) is 0. The molecule has 0 atom stereocenters. The molecule has 1 heterocycles. The fraction of sp³-hybridized carbons (Fsp3) is 0.182. The second-order valence-corrected chi connectivity index (χ2v) is 3.42. The molecule has 0 saturated carbocycles. The van der Waals surface area contributed by atoms with Crippen molar-refractivity contribution in [2.24, 2.45) is 0 Å². The highest BCUT2D eigenvalue weighted by Gasteiger charge is 2.20. The molecule has 0 aliphatic carbocycles. The molecule has 1 aromatic heterocycles. The Hall–Kier alpha value is -2.37. The smallest absolute Gasteiger partial charge is 0.285 e. The Morgan fingerprint density at radius 1 is 1.47 bits per heavy atom. The van der Waals surface area contributed by atoms with E-state index in [1.54, 1.807) is 19.1 Å². The fourth-order valence-electron chi connectivity index (χ4n) is 1.45. The van der Waals surface area contributed by atoms with Gasteiger partial charge >= 0.3 is 0 Å². The maximum atomic E-state index is 11.0. The molecule has 6 nitrogen and oxygen atoms in total. The van der Waals surface area contributed by atoms with E-state index in [0.29, 0.717) is 17.1 Å². The summed E-state index contributed by atoms with van der Waals surface area (Å²) in [5, 5.41) is 11.0. The van der Waals surface area contributed by atoms with Crippen LogP contribution in [0.5, 0.6) is 5.75 Å². The van der Waals surface area contributed by atoms with E-state index < -0.39 is 4.92 Å². The van der Waals surface area contributed by atoms with E-state index in [2.05, 4.69) is 4.98 Å². The van der Waals surface area contributed by atoms with Gasteiger partial charge in [-0.25, -0.2) is 4.98 Å². The van der Waals surface area contributed by atoms with Gasteiger partial charge in [0.25, 0.3) is 5.69 Å². The standard InChI is InChI=1S/C11H10N2O4/c1-7-6-12-11(17-7)9-4-3-8(16-2)5-10(9)13(14)15/h3-6H,1-2H3. The third-order valence-corrected chi connectivity index (χ3v) is 2.25. The number of hydrogen-bond acceptors (Lipinski definition) is 5. The summed E-state index contributed by atoms with van der Waals surface area (Å²) in [6.45, 7) is 1.73. The molecular weight excluding hydrogens is 224 g/mol. The van der Waals surface area contributed by atoms with Gasteiger partial charge in [0, 0.05) is 0 Å². The maximum Gasteiger partial charge on any atom is 0.285 e. The van der Waals surface area contributed by atoms with Crippen LogP contribution in [0.25, 0.3) is 11.5 Å². The molecule has 17 heavy (non-hydrogen) atoms. The van der Waals surface area contributed by atoms with Crippen LogP contribution in [0.3, 0.4) is 0 Å². The molecule has 0 radical (unpaired) electrons. The molecule has 0 spiro atoms. The summed E-state index contributed by atoms with van der Waals surface area (Å²) in [4.78, 5) is 14.4. The first kappa shape index (κ1) is 11.1. The SMILES string of the molecule is COc1ccc(-c2ncc(C)o2)c([N+](=O)[O-])c1. The molecule has 0 aliphatic rings. The third kappa shape index (κ3) is 2.10. The van der Waals surface area contributed by atoms with Crippen LogP contribution in [0.2, 0.25) is 0 Å². The summed E-state index contributed by atoms with van der Waals surface area (Å²) >= 11 is 0. The highest BCUT2D eigenvalue weighted by Crippen LogP contribution is 2.32. The second-order valence-electron chi connectivity index (χ2n) is 3.42. The van der Waals surface area contributed by atoms with Crippen molar-refractivity contribution in [1.29, 1.82) is 0 Å². The average molecular weight is 234 g/mol. The highest BCUT2D eigenvalue weighted by atomic mass is 16.6. The molecule has 0 amide bonds. The number of ether oxygens (including phenoxy) is 1. The van der Waals surface area contributed by atoms with E-state index in [1.807, 2.05) is 0 Å². The van der Waals surface area contributed by atoms with E-state index in [1.165, 1.54) is 19.4 Å². The van der Waals surface area contributed by atoms with Crippen LogP contribution >= 0.6 is 0 Å². The zero-order chi connectivity index (χ0) is 12.4. The molecule has 0 bridgehead atoms. The number of benzene rings is 1. The number of nitro benzene ring substituents is 1. The number of aryl methyl sites for hydroxylation is 1. The van der Waals surface area contributed by atoms with E-state index in [0.717, 1.165) is 0 Å². The van der Waals surface area contributed by atoms with Crippen molar-refractivity contribution in [2.75, 3.05) is 7.11 Å². The average Bonchev–Trinajstić information content (AvgIpc) is 2.75. The Morgan fingerprint density at radius 2 is 2.24 bits per heavy atom. The number of nitro groups is 1. The third-order valence-electron chi connectivity index (χ3n) is 2.25. The highest BCUT2D eigenvalue weighted by molar-refractivity contribution is 5.68. The largest absolute Gasteiger partial charge is 0.497 e. The van der Waals surface area contributed by atoms with Crippen LogP contribution in [-0.4, -0.2) is 17.0 Å². The molecule has 0 saturated heterocycles. The summed E-state index contributed by atoms with van der Waals surface area (Å²) in [6.07, 6.45) is 1.52. The van der Waals surface area contributed by atoms with Crippen LogP contribution in [0, 0.1) is 17.0 Å². The molecule has 88 valence electrons. The summed E-state index contributed by atoms with van der Waals surface area (Å²) < 4.78 is 10.2. The minimum absolute atomic E-state index is 0.0915. The Morgan fingerprint density at radius 3 is 2.76 bits per heavy atom. The normalized spacial score (nSPS) is 10.2. The van der Waals surface area contributed by atoms with Gasteiger partial charge < -0.3 is 9.15 Å². The first-order chi connectivity index (χ1) is 8.11. The van der Waals surface area contributed by atoms with Gasteiger partial charge in [0.1, 0.15) is 17.1 Å². The van der Waals surface area contributed by atoms with Crippen molar-refractivity contribution in [3.63, 3.8) is 0 Å². The Kier molecular flexibility index (Phi) is 2.78. The summed E-state index contributed by atoms with van der Waals surface area (Å²) in [7, 11) is 1.45. The lowest BCUT2D eigenvalue weighted by Crippen LogP contribution is -1.93. The van der Waals surface area contributed by atoms with Gasteiger partial charge in [-0.3, -0.25) is 10.1 Å². The minimum Gasteiger partial charge on any atom is -0.497 e. The van der Waals surface area contributed by atoms with Crippen molar-refractivity contribution in [3.05, 3.63) is 40.3 Å². The number of rotatable bonds is 3. The van der Waals surface area contributed by atoms with Gasteiger partial charge in [0.15, 0.2) is 0 Å². The van der Waals surface area contributed by atoms with Crippen molar-refractivity contribution in [3.8, 4) is 17.2 Å². The lowest BCUT2D eigenvalue weighted by atomic mass is 10.1. The molecule has 0 fully saturated rings. The molecule has 6 heteroatoms. The molecule has 1 aromatic carbocycles. The van der Waals surface area contributed by atoms with Crippen LogP contribution in [0.1, 0.15) is 5.76 Å². The van der Waals surface area contributed by atoms with Gasteiger partial charge in [-0.2, -0.15) is 0 Å². The second kappa shape index (κ2) is 4.25. The van der Waals surface area contributed by atoms with Gasteiger partial charge in [-0.1, -0.05) is 0 Å². The van der Waals surface area contributed by atoms with Gasteiger partial charge in [0.2, 0.25) is 5.89 Å². The molecular formula is C11H10N2O4. The van der Waals surface area contributed by atoms with E-state index >= 15 is 0 Å². The summed E-state index contributed by atoms with van der Waals surface area (Å²) in [5.74, 6) is 1.26. The van der Waals surface area contributed by atoms with E-state index in [9.17, 15) is 10.1 Å². The molecule has 2 rings (SSSR count). The van der Waals surface area contributed by atoms with Crippen LogP contribution < -0.4 is 4.74 Å². The number of oxazole rings is 1. The Balaban J connectivity index is 2.57. The number of nitrogens with zero attached hydrogens (tertiary/aromatic N) is 2. The minimum atomic E-state index is -0.489. The van der Waals surface area contributed by atoms with Gasteiger partial charge in [-0.05, 0) is 19.1 Å². The van der Waals surface area contributed by atoms with E-state index in [-0.39, 0.29) is 11.6 Å². The zero-order valence-corrected chi connectivity index (χ0v) is 9.34. The van der Waals surface area contributed by atoms with E-state index in [4.69, 9.17) is 9.15 Å². The molecule has 0 aliphatic heterocycles. The maximum absolute atomic E-state index is 11.0. The first-order valence-corrected chi connectivity index (χ1v) is 4.87. The fourth-order valence-corrected chi connectivity index (χ4v) is 1.45. The molecule has 0 N–H and O–H groups in total. The lowest BCUT2D eigenvalue weighted by molar-refractivity contribution is -0.384. The zero-order valence-electron chi connectivity index (χ0n) is 9.34. The topological polar surface area (TPSA) is 78.4 Å². The lowest BCUT2D eigenvalue weighted by Gasteiger charge is -2.02.